The molecule has 1 saturated heterocycles. The first-order valence-electron chi connectivity index (χ1n) is 10.2. The standard InChI is InChI=1S/C21H29N3O6S/c1-14-12-15(6-7-17(14)31(5,26)27)19-22-18(30-23-19)13-28-16-8-10-24(11-9-16)20(25)29-21(2,3)4/h6-7,12,16H,8-11,13H2,1-5H3. The fourth-order valence-electron chi connectivity index (χ4n) is 3.36. The van der Waals surface area contributed by atoms with Crippen LogP contribution in [0, 0.1) is 6.92 Å². The van der Waals surface area contributed by atoms with Crippen LogP contribution in [0.3, 0.4) is 0 Å². The first kappa shape index (κ1) is 23.2. The van der Waals surface area contributed by atoms with Crippen molar-refractivity contribution in [3.63, 3.8) is 0 Å². The third-order valence-electron chi connectivity index (χ3n) is 4.84. The van der Waals surface area contributed by atoms with E-state index < -0.39 is 15.4 Å². The van der Waals surface area contributed by atoms with Crippen LogP contribution in [0.2, 0.25) is 0 Å². The predicted molar refractivity (Wildman–Crippen MR) is 113 cm³/mol. The summed E-state index contributed by atoms with van der Waals surface area (Å²) in [5.41, 5.74) is 0.786. The number of hydrogen-bond donors (Lipinski definition) is 0. The van der Waals surface area contributed by atoms with Gasteiger partial charge in [0.15, 0.2) is 9.84 Å². The molecule has 31 heavy (non-hydrogen) atoms. The van der Waals surface area contributed by atoms with Gasteiger partial charge in [0.25, 0.3) is 5.89 Å². The lowest BCUT2D eigenvalue weighted by Crippen LogP contribution is -2.43. The molecular weight excluding hydrogens is 422 g/mol. The maximum absolute atomic E-state index is 12.1. The number of sulfone groups is 1. The van der Waals surface area contributed by atoms with Crippen LogP contribution in [0.1, 0.15) is 45.1 Å². The van der Waals surface area contributed by atoms with Crippen molar-refractivity contribution >= 4 is 15.9 Å². The van der Waals surface area contributed by atoms with E-state index in [1.807, 2.05) is 20.8 Å². The van der Waals surface area contributed by atoms with Gasteiger partial charge >= 0.3 is 6.09 Å². The van der Waals surface area contributed by atoms with Gasteiger partial charge in [-0.15, -0.1) is 0 Å². The molecule has 1 aliphatic rings. The van der Waals surface area contributed by atoms with Gasteiger partial charge in [0.05, 0.1) is 11.0 Å². The van der Waals surface area contributed by atoms with Crippen molar-refractivity contribution < 1.29 is 27.2 Å². The molecule has 1 aromatic carbocycles. The Morgan fingerprint density at radius 1 is 1.26 bits per heavy atom. The van der Waals surface area contributed by atoms with E-state index in [1.165, 1.54) is 6.26 Å². The van der Waals surface area contributed by atoms with Crippen molar-refractivity contribution in [2.24, 2.45) is 0 Å². The second kappa shape index (κ2) is 8.96. The molecule has 3 rings (SSSR count). The van der Waals surface area contributed by atoms with Crippen LogP contribution >= 0.6 is 0 Å². The van der Waals surface area contributed by atoms with Gasteiger partial charge in [0, 0.05) is 24.9 Å². The van der Waals surface area contributed by atoms with Gasteiger partial charge in [-0.05, 0) is 64.3 Å². The van der Waals surface area contributed by atoms with Gasteiger partial charge < -0.3 is 18.9 Å². The molecule has 0 aliphatic carbocycles. The molecule has 0 unspecified atom stereocenters. The number of amides is 1. The summed E-state index contributed by atoms with van der Waals surface area (Å²) in [6, 6.07) is 4.93. The molecule has 9 nitrogen and oxygen atoms in total. The molecule has 2 heterocycles. The number of benzene rings is 1. The van der Waals surface area contributed by atoms with E-state index in [-0.39, 0.29) is 23.7 Å². The number of piperidine rings is 1. The lowest BCUT2D eigenvalue weighted by Gasteiger charge is -2.33. The van der Waals surface area contributed by atoms with Crippen LogP contribution in [0.25, 0.3) is 11.4 Å². The van der Waals surface area contributed by atoms with Crippen molar-refractivity contribution in [2.45, 2.75) is 63.7 Å². The summed E-state index contributed by atoms with van der Waals surface area (Å²) in [5.74, 6) is 0.718. The SMILES string of the molecule is Cc1cc(-c2noc(COC3CCN(C(=O)OC(C)(C)C)CC3)n2)ccc1S(C)(=O)=O. The Kier molecular flexibility index (Phi) is 6.70. The number of nitrogens with zero attached hydrogens (tertiary/aromatic N) is 3. The van der Waals surface area contributed by atoms with Gasteiger partial charge in [0.1, 0.15) is 12.2 Å². The second-order valence-corrected chi connectivity index (χ2v) is 10.7. The maximum Gasteiger partial charge on any atom is 0.410 e. The van der Waals surface area contributed by atoms with Crippen LogP contribution in [-0.4, -0.2) is 60.6 Å². The zero-order chi connectivity index (χ0) is 22.8. The highest BCUT2D eigenvalue weighted by Gasteiger charge is 2.27. The highest BCUT2D eigenvalue weighted by atomic mass is 32.2. The molecule has 0 spiro atoms. The fourth-order valence-corrected chi connectivity index (χ4v) is 4.31. The topological polar surface area (TPSA) is 112 Å². The molecule has 0 N–H and O–H groups in total. The Morgan fingerprint density at radius 2 is 1.94 bits per heavy atom. The maximum atomic E-state index is 12.1. The van der Waals surface area contributed by atoms with Gasteiger partial charge in [0.2, 0.25) is 5.82 Å². The summed E-state index contributed by atoms with van der Waals surface area (Å²) in [6.07, 6.45) is 2.27. The summed E-state index contributed by atoms with van der Waals surface area (Å²) in [7, 11) is -3.28. The molecule has 170 valence electrons. The summed E-state index contributed by atoms with van der Waals surface area (Å²) in [6.45, 7) is 8.59. The quantitative estimate of drug-likeness (QED) is 0.680. The lowest BCUT2D eigenvalue weighted by atomic mass is 10.1. The molecule has 1 fully saturated rings. The Bertz CT molecular complexity index is 1030. The Balaban J connectivity index is 1.53. The summed E-state index contributed by atoms with van der Waals surface area (Å²) >= 11 is 0. The predicted octanol–water partition coefficient (Wildman–Crippen LogP) is 3.36. The first-order chi connectivity index (χ1) is 14.4. The van der Waals surface area contributed by atoms with Gasteiger partial charge in [-0.25, -0.2) is 13.2 Å². The number of hydrogen-bond acceptors (Lipinski definition) is 8. The number of rotatable bonds is 5. The molecule has 1 aliphatic heterocycles. The van der Waals surface area contributed by atoms with Crippen LogP contribution in [0.5, 0.6) is 0 Å². The summed E-state index contributed by atoms with van der Waals surface area (Å²) < 4.78 is 40.1. The van der Waals surface area contributed by atoms with E-state index in [0.29, 0.717) is 48.8 Å². The lowest BCUT2D eigenvalue weighted by molar-refractivity contribution is -0.0231. The Morgan fingerprint density at radius 3 is 2.52 bits per heavy atom. The monoisotopic (exact) mass is 451 g/mol. The zero-order valence-electron chi connectivity index (χ0n) is 18.5. The van der Waals surface area contributed by atoms with E-state index in [1.54, 1.807) is 30.0 Å². The van der Waals surface area contributed by atoms with Crippen LogP contribution in [-0.2, 0) is 25.9 Å². The van der Waals surface area contributed by atoms with Crippen molar-refractivity contribution in [3.05, 3.63) is 29.7 Å². The van der Waals surface area contributed by atoms with Gasteiger partial charge in [-0.1, -0.05) is 5.16 Å². The van der Waals surface area contributed by atoms with Crippen molar-refractivity contribution in [2.75, 3.05) is 19.3 Å². The van der Waals surface area contributed by atoms with E-state index in [4.69, 9.17) is 14.0 Å². The number of aryl methyl sites for hydroxylation is 1. The molecule has 0 saturated carbocycles. The summed E-state index contributed by atoms with van der Waals surface area (Å²) in [4.78, 5) is 18.4. The number of likely N-dealkylation sites (tertiary alicyclic amines) is 1. The normalized spacial score (nSPS) is 15.8. The third kappa shape index (κ3) is 6.27. The van der Waals surface area contributed by atoms with Crippen LogP contribution < -0.4 is 0 Å². The van der Waals surface area contributed by atoms with E-state index in [0.717, 1.165) is 0 Å². The average Bonchev–Trinajstić information content (AvgIpc) is 3.13. The largest absolute Gasteiger partial charge is 0.444 e. The third-order valence-corrected chi connectivity index (χ3v) is 6.09. The number of carbonyl (C=O) groups excluding carboxylic acids is 1. The van der Waals surface area contributed by atoms with Gasteiger partial charge in [-0.3, -0.25) is 0 Å². The zero-order valence-corrected chi connectivity index (χ0v) is 19.4. The smallest absolute Gasteiger partial charge is 0.410 e. The molecule has 0 bridgehead atoms. The number of aromatic nitrogens is 2. The first-order valence-corrected chi connectivity index (χ1v) is 12.0. The van der Waals surface area contributed by atoms with E-state index in [9.17, 15) is 13.2 Å². The minimum atomic E-state index is -3.28. The summed E-state index contributed by atoms with van der Waals surface area (Å²) in [5, 5.41) is 3.97. The second-order valence-electron chi connectivity index (χ2n) is 8.74. The minimum absolute atomic E-state index is 0.00896. The van der Waals surface area contributed by atoms with Gasteiger partial charge in [-0.2, -0.15) is 4.98 Å². The van der Waals surface area contributed by atoms with Crippen LogP contribution in [0.15, 0.2) is 27.6 Å². The van der Waals surface area contributed by atoms with Crippen molar-refractivity contribution in [1.29, 1.82) is 0 Å². The molecule has 0 radical (unpaired) electrons. The highest BCUT2D eigenvalue weighted by Crippen LogP contribution is 2.23. The average molecular weight is 452 g/mol. The molecule has 2 aromatic rings. The Labute approximate surface area is 182 Å². The molecule has 0 atom stereocenters. The van der Waals surface area contributed by atoms with E-state index in [2.05, 4.69) is 10.1 Å². The number of carbonyl (C=O) groups is 1. The Hall–Kier alpha value is -2.46. The van der Waals surface area contributed by atoms with E-state index >= 15 is 0 Å². The minimum Gasteiger partial charge on any atom is -0.444 e. The molecule has 1 amide bonds. The number of ether oxygens (including phenoxy) is 2. The van der Waals surface area contributed by atoms with Crippen LogP contribution in [0.4, 0.5) is 4.79 Å². The molecule has 1 aromatic heterocycles. The highest BCUT2D eigenvalue weighted by molar-refractivity contribution is 7.90. The molecule has 10 heteroatoms. The fraction of sp³-hybridized carbons (Fsp3) is 0.571. The van der Waals surface area contributed by atoms with Crippen molar-refractivity contribution in [3.8, 4) is 11.4 Å². The van der Waals surface area contributed by atoms with Crippen molar-refractivity contribution in [1.82, 2.24) is 15.0 Å². The molecular formula is C21H29N3O6S.